The number of aryl methyl sites for hydroxylation is 1. The van der Waals surface area contributed by atoms with Crippen LogP contribution < -0.4 is 11.1 Å². The molecular formula is C14H21N3O3. The maximum Gasteiger partial charge on any atom is 0.271 e. The average molecular weight is 279 g/mol. The molecule has 6 heteroatoms. The summed E-state index contributed by atoms with van der Waals surface area (Å²) in [6, 6.07) is 4.45. The number of nitrogens with zero attached hydrogens (tertiary/aromatic N) is 1. The minimum atomic E-state index is -0.470. The molecule has 1 aromatic carbocycles. The average Bonchev–Trinajstić information content (AvgIpc) is 2.40. The zero-order valence-corrected chi connectivity index (χ0v) is 11.7. The van der Waals surface area contributed by atoms with Gasteiger partial charge in [0.25, 0.3) is 5.69 Å². The molecule has 0 bridgehead atoms. The molecule has 6 nitrogen and oxygen atoms in total. The number of nitro groups is 1. The van der Waals surface area contributed by atoms with E-state index in [2.05, 4.69) is 5.32 Å². The molecule has 1 rings (SSSR count). The van der Waals surface area contributed by atoms with Gasteiger partial charge >= 0.3 is 0 Å². The number of rotatable bonds is 8. The summed E-state index contributed by atoms with van der Waals surface area (Å²) in [6.07, 6.45) is 4.20. The van der Waals surface area contributed by atoms with Crippen LogP contribution in [0.3, 0.4) is 0 Å². The zero-order valence-electron chi connectivity index (χ0n) is 11.7. The number of amides is 1. The minimum Gasteiger partial charge on any atom is -0.330 e. The van der Waals surface area contributed by atoms with Gasteiger partial charge in [0.05, 0.1) is 10.6 Å². The molecule has 20 heavy (non-hydrogen) atoms. The highest BCUT2D eigenvalue weighted by atomic mass is 16.6. The first-order valence-corrected chi connectivity index (χ1v) is 6.79. The van der Waals surface area contributed by atoms with Crippen molar-refractivity contribution in [3.63, 3.8) is 0 Å². The molecule has 0 atom stereocenters. The Bertz CT molecular complexity index is 475. The van der Waals surface area contributed by atoms with Crippen LogP contribution in [0.2, 0.25) is 0 Å². The molecule has 0 radical (unpaired) electrons. The van der Waals surface area contributed by atoms with E-state index in [1.165, 1.54) is 12.1 Å². The van der Waals surface area contributed by atoms with Crippen molar-refractivity contribution in [2.24, 2.45) is 5.73 Å². The van der Waals surface area contributed by atoms with Crippen molar-refractivity contribution in [2.45, 2.75) is 39.0 Å². The minimum absolute atomic E-state index is 0.0196. The Balaban J connectivity index is 2.49. The Kier molecular flexibility index (Phi) is 6.66. The number of nitro benzene ring substituents is 1. The van der Waals surface area contributed by atoms with Crippen molar-refractivity contribution in [3.8, 4) is 0 Å². The molecule has 3 N–H and O–H groups in total. The molecule has 110 valence electrons. The summed E-state index contributed by atoms with van der Waals surface area (Å²) < 4.78 is 0. The Hall–Kier alpha value is -1.95. The van der Waals surface area contributed by atoms with Gasteiger partial charge < -0.3 is 11.1 Å². The number of nitrogens with one attached hydrogen (secondary N) is 1. The molecule has 0 fully saturated rings. The van der Waals surface area contributed by atoms with E-state index in [0.29, 0.717) is 18.7 Å². The number of hydrogen-bond acceptors (Lipinski definition) is 4. The lowest BCUT2D eigenvalue weighted by Gasteiger charge is -2.08. The summed E-state index contributed by atoms with van der Waals surface area (Å²) in [6.45, 7) is 2.49. The van der Waals surface area contributed by atoms with E-state index >= 15 is 0 Å². The van der Waals surface area contributed by atoms with E-state index in [9.17, 15) is 14.9 Å². The molecule has 0 aliphatic heterocycles. The largest absolute Gasteiger partial charge is 0.330 e. The second-order valence-corrected chi connectivity index (χ2v) is 4.76. The lowest BCUT2D eigenvalue weighted by Crippen LogP contribution is -2.12. The molecule has 0 heterocycles. The first-order valence-electron chi connectivity index (χ1n) is 6.79. The highest BCUT2D eigenvalue weighted by Crippen LogP contribution is 2.22. The van der Waals surface area contributed by atoms with Crippen LogP contribution in [0.5, 0.6) is 0 Å². The number of carbonyl (C=O) groups excluding carboxylic acids is 1. The second kappa shape index (κ2) is 8.27. The quantitative estimate of drug-likeness (QED) is 0.434. The SMILES string of the molecule is Cc1ccc([N+](=O)[O-])cc1NC(=O)CCCCCCN. The molecule has 0 saturated heterocycles. The molecule has 1 amide bonds. The zero-order chi connectivity index (χ0) is 15.0. The number of non-ortho nitro benzene ring substituents is 1. The van der Waals surface area contributed by atoms with Crippen molar-refractivity contribution in [2.75, 3.05) is 11.9 Å². The van der Waals surface area contributed by atoms with Gasteiger partial charge in [-0.1, -0.05) is 18.9 Å². The molecule has 0 saturated carbocycles. The highest BCUT2D eigenvalue weighted by molar-refractivity contribution is 5.91. The van der Waals surface area contributed by atoms with Crippen molar-refractivity contribution >= 4 is 17.3 Å². The van der Waals surface area contributed by atoms with Gasteiger partial charge in [-0.05, 0) is 31.9 Å². The summed E-state index contributed by atoms with van der Waals surface area (Å²) in [5, 5.41) is 13.4. The standard InChI is InChI=1S/C14H21N3O3/c1-11-7-8-12(17(19)20)10-13(11)16-14(18)6-4-2-3-5-9-15/h7-8,10H,2-6,9,15H2,1H3,(H,16,18). The van der Waals surface area contributed by atoms with Gasteiger partial charge in [-0.2, -0.15) is 0 Å². The predicted molar refractivity (Wildman–Crippen MR) is 78.6 cm³/mol. The van der Waals surface area contributed by atoms with Gasteiger partial charge in [-0.3, -0.25) is 14.9 Å². The molecular weight excluding hydrogens is 258 g/mol. The molecule has 0 aromatic heterocycles. The highest BCUT2D eigenvalue weighted by Gasteiger charge is 2.10. The van der Waals surface area contributed by atoms with E-state index in [1.807, 2.05) is 0 Å². The normalized spacial score (nSPS) is 10.3. The van der Waals surface area contributed by atoms with Crippen LogP contribution in [0.1, 0.15) is 37.7 Å². The number of nitrogens with two attached hydrogens (primary N) is 1. The van der Waals surface area contributed by atoms with Crippen molar-refractivity contribution in [1.82, 2.24) is 0 Å². The number of hydrogen-bond donors (Lipinski definition) is 2. The molecule has 0 aliphatic carbocycles. The molecule has 0 spiro atoms. The first-order chi connectivity index (χ1) is 9.54. The van der Waals surface area contributed by atoms with Gasteiger partial charge in [0.2, 0.25) is 5.91 Å². The fraction of sp³-hybridized carbons (Fsp3) is 0.500. The maximum absolute atomic E-state index is 11.8. The van der Waals surface area contributed by atoms with Crippen molar-refractivity contribution in [1.29, 1.82) is 0 Å². The van der Waals surface area contributed by atoms with Crippen LogP contribution in [-0.4, -0.2) is 17.4 Å². The van der Waals surface area contributed by atoms with E-state index < -0.39 is 4.92 Å². The van der Waals surface area contributed by atoms with Crippen LogP contribution in [0.25, 0.3) is 0 Å². The summed E-state index contributed by atoms with van der Waals surface area (Å²) in [5.74, 6) is -0.110. The van der Waals surface area contributed by atoms with Crippen LogP contribution >= 0.6 is 0 Å². The Morgan fingerprint density at radius 3 is 2.65 bits per heavy atom. The second-order valence-electron chi connectivity index (χ2n) is 4.76. The lowest BCUT2D eigenvalue weighted by molar-refractivity contribution is -0.384. The van der Waals surface area contributed by atoms with E-state index in [0.717, 1.165) is 31.2 Å². The van der Waals surface area contributed by atoms with Crippen LogP contribution in [0.15, 0.2) is 18.2 Å². The molecule has 1 aromatic rings. The summed E-state index contributed by atoms with van der Waals surface area (Å²) in [4.78, 5) is 22.0. The molecule has 0 unspecified atom stereocenters. The van der Waals surface area contributed by atoms with Gasteiger partial charge in [0.1, 0.15) is 0 Å². The van der Waals surface area contributed by atoms with Crippen LogP contribution in [-0.2, 0) is 4.79 Å². The number of carbonyl (C=O) groups is 1. The van der Waals surface area contributed by atoms with E-state index in [-0.39, 0.29) is 11.6 Å². The lowest BCUT2D eigenvalue weighted by atomic mass is 10.1. The van der Waals surface area contributed by atoms with Crippen LogP contribution in [0, 0.1) is 17.0 Å². The van der Waals surface area contributed by atoms with E-state index in [4.69, 9.17) is 5.73 Å². The summed E-state index contributed by atoms with van der Waals surface area (Å²) in [5.41, 5.74) is 6.69. The third-order valence-electron chi connectivity index (χ3n) is 3.06. The third kappa shape index (κ3) is 5.36. The molecule has 0 aliphatic rings. The van der Waals surface area contributed by atoms with Gasteiger partial charge in [-0.15, -0.1) is 0 Å². The number of anilines is 1. The Morgan fingerprint density at radius 2 is 2.00 bits per heavy atom. The number of unbranched alkanes of at least 4 members (excludes halogenated alkanes) is 3. The van der Waals surface area contributed by atoms with Crippen molar-refractivity contribution < 1.29 is 9.72 Å². The van der Waals surface area contributed by atoms with Gasteiger partial charge in [0, 0.05) is 18.6 Å². The third-order valence-corrected chi connectivity index (χ3v) is 3.06. The monoisotopic (exact) mass is 279 g/mol. The fourth-order valence-corrected chi connectivity index (χ4v) is 1.85. The van der Waals surface area contributed by atoms with Crippen molar-refractivity contribution in [3.05, 3.63) is 33.9 Å². The summed E-state index contributed by atoms with van der Waals surface area (Å²) >= 11 is 0. The predicted octanol–water partition coefficient (Wildman–Crippen LogP) is 2.75. The van der Waals surface area contributed by atoms with Crippen LogP contribution in [0.4, 0.5) is 11.4 Å². The smallest absolute Gasteiger partial charge is 0.271 e. The Labute approximate surface area is 118 Å². The number of benzene rings is 1. The van der Waals surface area contributed by atoms with Gasteiger partial charge in [-0.25, -0.2) is 0 Å². The Morgan fingerprint density at radius 1 is 1.30 bits per heavy atom. The fourth-order valence-electron chi connectivity index (χ4n) is 1.85. The topological polar surface area (TPSA) is 98.3 Å². The van der Waals surface area contributed by atoms with Gasteiger partial charge in [0.15, 0.2) is 0 Å². The summed E-state index contributed by atoms with van der Waals surface area (Å²) in [7, 11) is 0. The van der Waals surface area contributed by atoms with E-state index in [1.54, 1.807) is 13.0 Å². The maximum atomic E-state index is 11.8. The first kappa shape index (κ1) is 16.1.